The number of hydrogen-bond donors (Lipinski definition) is 2. The van der Waals surface area contributed by atoms with Crippen molar-refractivity contribution in [1.82, 2.24) is 25.2 Å². The lowest BCUT2D eigenvalue weighted by molar-refractivity contribution is 0.0921. The molecule has 0 spiro atoms. The van der Waals surface area contributed by atoms with Crippen molar-refractivity contribution in [3.63, 3.8) is 0 Å². The van der Waals surface area contributed by atoms with E-state index in [4.69, 9.17) is 4.74 Å². The van der Waals surface area contributed by atoms with E-state index in [0.717, 1.165) is 67.0 Å². The van der Waals surface area contributed by atoms with Gasteiger partial charge in [-0.15, -0.1) is 0 Å². The number of benzene rings is 1. The fraction of sp³-hybridized carbons (Fsp3) is 0.519. The molecular weight excluding hydrogens is 426 g/mol. The highest BCUT2D eigenvalue weighted by Gasteiger charge is 2.25. The Hall–Kier alpha value is -2.93. The molecule has 2 aromatic heterocycles. The van der Waals surface area contributed by atoms with E-state index in [0.29, 0.717) is 6.01 Å². The number of nitrogens with zero attached hydrogens (tertiary/aromatic N) is 3. The summed E-state index contributed by atoms with van der Waals surface area (Å²) in [6, 6.07) is 10.5. The fourth-order valence-electron chi connectivity index (χ4n) is 5.31. The molecular formula is C27H35N5O2. The molecule has 0 atom stereocenters. The number of carbonyl (C=O) groups excluding carboxylic acids is 1. The van der Waals surface area contributed by atoms with E-state index >= 15 is 0 Å². The third-order valence-corrected chi connectivity index (χ3v) is 7.17. The maximum absolute atomic E-state index is 12.9. The zero-order valence-corrected chi connectivity index (χ0v) is 20.2. The van der Waals surface area contributed by atoms with Crippen LogP contribution in [0.15, 0.2) is 36.5 Å². The minimum absolute atomic E-state index is 0.0194. The number of ether oxygens (including phenoxy) is 1. The summed E-state index contributed by atoms with van der Waals surface area (Å²) in [5, 5.41) is 4.20. The van der Waals surface area contributed by atoms with Crippen LogP contribution in [0.3, 0.4) is 0 Å². The zero-order chi connectivity index (χ0) is 23.5. The monoisotopic (exact) mass is 461 g/mol. The van der Waals surface area contributed by atoms with E-state index in [-0.39, 0.29) is 18.1 Å². The van der Waals surface area contributed by atoms with Gasteiger partial charge < -0.3 is 15.0 Å². The molecule has 0 radical (unpaired) electrons. The molecule has 1 aromatic carbocycles. The van der Waals surface area contributed by atoms with Gasteiger partial charge in [0, 0.05) is 48.4 Å². The molecule has 180 valence electrons. The van der Waals surface area contributed by atoms with Crippen LogP contribution in [-0.2, 0) is 13.0 Å². The van der Waals surface area contributed by atoms with Gasteiger partial charge in [-0.2, -0.15) is 4.98 Å². The second-order valence-electron chi connectivity index (χ2n) is 10.0. The molecule has 7 nitrogen and oxygen atoms in total. The van der Waals surface area contributed by atoms with E-state index < -0.39 is 0 Å². The van der Waals surface area contributed by atoms with Crippen LogP contribution in [0.2, 0.25) is 0 Å². The van der Waals surface area contributed by atoms with Gasteiger partial charge in [0.15, 0.2) is 0 Å². The Bertz CT molecular complexity index is 1130. The number of rotatable bonds is 7. The Morgan fingerprint density at radius 2 is 2.06 bits per heavy atom. The van der Waals surface area contributed by atoms with Crippen LogP contribution in [0.25, 0.3) is 10.9 Å². The Kier molecular flexibility index (Phi) is 6.81. The summed E-state index contributed by atoms with van der Waals surface area (Å²) in [5.74, 6) is 0.751. The van der Waals surface area contributed by atoms with Crippen molar-refractivity contribution in [3.8, 4) is 6.01 Å². The maximum atomic E-state index is 12.9. The zero-order valence-electron chi connectivity index (χ0n) is 20.2. The second kappa shape index (κ2) is 10.1. The van der Waals surface area contributed by atoms with Crippen molar-refractivity contribution < 1.29 is 9.53 Å². The lowest BCUT2D eigenvalue weighted by Crippen LogP contribution is -2.38. The average Bonchev–Trinajstić information content (AvgIpc) is 3.24. The van der Waals surface area contributed by atoms with E-state index in [1.54, 1.807) is 6.20 Å². The van der Waals surface area contributed by atoms with Crippen molar-refractivity contribution in [2.45, 2.75) is 71.1 Å². The number of H-pyrrole nitrogens is 1. The number of carbonyl (C=O) groups is 1. The standard InChI is InChI=1S/C27H35N5O2/c1-18(2)34-27-30-24-13-16-32(17-25(24)31-27)15-12-19-8-10-20(11-9-19)29-26(33)22-5-3-7-23-21(22)6-4-14-28-23/h3-7,14,18-20H,8-13,15-17H2,1-2H3,(H,29,33)(H,30,31)/t19-,20-. The smallest absolute Gasteiger partial charge is 0.294 e. The van der Waals surface area contributed by atoms with Gasteiger partial charge in [-0.05, 0) is 76.6 Å². The van der Waals surface area contributed by atoms with E-state index in [9.17, 15) is 4.79 Å². The summed E-state index contributed by atoms with van der Waals surface area (Å²) in [6.45, 7) is 7.13. The van der Waals surface area contributed by atoms with E-state index in [2.05, 4.69) is 25.2 Å². The Balaban J connectivity index is 1.08. The molecule has 0 unspecified atom stereocenters. The summed E-state index contributed by atoms with van der Waals surface area (Å²) in [6.07, 6.45) is 8.58. The highest BCUT2D eigenvalue weighted by molar-refractivity contribution is 6.06. The first kappa shape index (κ1) is 22.8. The van der Waals surface area contributed by atoms with Crippen molar-refractivity contribution in [2.24, 2.45) is 5.92 Å². The number of fused-ring (bicyclic) bond motifs is 2. The first-order chi connectivity index (χ1) is 16.5. The molecule has 0 bridgehead atoms. The van der Waals surface area contributed by atoms with Crippen LogP contribution in [-0.4, -0.2) is 51.0 Å². The quantitative estimate of drug-likeness (QED) is 0.542. The van der Waals surface area contributed by atoms with Gasteiger partial charge in [-0.25, -0.2) is 0 Å². The SMILES string of the molecule is CC(C)Oc1nc2c([nH]1)CCN(CC[C@H]1CC[C@H](NC(=O)c3cccc4ncccc34)CC1)C2. The van der Waals surface area contributed by atoms with E-state index in [1.807, 2.05) is 44.2 Å². The van der Waals surface area contributed by atoms with E-state index in [1.165, 1.54) is 25.0 Å². The molecule has 0 saturated heterocycles. The number of aromatic amines is 1. The first-order valence-corrected chi connectivity index (χ1v) is 12.7. The minimum atomic E-state index is 0.0194. The summed E-state index contributed by atoms with van der Waals surface area (Å²) in [4.78, 5) is 27.8. The molecule has 34 heavy (non-hydrogen) atoms. The molecule has 2 aliphatic rings. The molecule has 3 aromatic rings. The number of hydrogen-bond acceptors (Lipinski definition) is 5. The summed E-state index contributed by atoms with van der Waals surface area (Å²) >= 11 is 0. The maximum Gasteiger partial charge on any atom is 0.294 e. The Morgan fingerprint density at radius 3 is 2.88 bits per heavy atom. The third kappa shape index (κ3) is 5.25. The molecule has 1 saturated carbocycles. The molecule has 3 heterocycles. The Morgan fingerprint density at radius 1 is 1.21 bits per heavy atom. The van der Waals surface area contributed by atoms with Crippen molar-refractivity contribution >= 4 is 16.8 Å². The van der Waals surface area contributed by atoms with Gasteiger partial charge in [-0.1, -0.05) is 12.1 Å². The molecule has 1 fully saturated rings. The van der Waals surface area contributed by atoms with Crippen molar-refractivity contribution in [1.29, 1.82) is 0 Å². The predicted octanol–water partition coefficient (Wildman–Crippen LogP) is 4.48. The van der Waals surface area contributed by atoms with Crippen LogP contribution >= 0.6 is 0 Å². The third-order valence-electron chi connectivity index (χ3n) is 7.17. The van der Waals surface area contributed by atoms with Crippen LogP contribution in [0, 0.1) is 5.92 Å². The van der Waals surface area contributed by atoms with Gasteiger partial charge in [0.05, 0.1) is 17.3 Å². The van der Waals surface area contributed by atoms with Crippen molar-refractivity contribution in [2.75, 3.05) is 13.1 Å². The molecule has 2 N–H and O–H groups in total. The van der Waals surface area contributed by atoms with Gasteiger partial charge in [0.25, 0.3) is 11.9 Å². The lowest BCUT2D eigenvalue weighted by Gasteiger charge is -2.32. The number of pyridine rings is 1. The number of nitrogens with one attached hydrogen (secondary N) is 2. The highest BCUT2D eigenvalue weighted by atomic mass is 16.5. The lowest BCUT2D eigenvalue weighted by atomic mass is 9.84. The summed E-state index contributed by atoms with van der Waals surface area (Å²) in [5.41, 5.74) is 3.95. The molecule has 7 heteroatoms. The minimum Gasteiger partial charge on any atom is -0.462 e. The molecule has 5 rings (SSSR count). The van der Waals surface area contributed by atoms with Gasteiger partial charge >= 0.3 is 0 Å². The second-order valence-corrected chi connectivity index (χ2v) is 10.0. The molecule has 1 amide bonds. The van der Waals surface area contributed by atoms with Gasteiger partial charge in [0.1, 0.15) is 0 Å². The molecule has 1 aliphatic carbocycles. The number of aromatic nitrogens is 3. The predicted molar refractivity (Wildman–Crippen MR) is 133 cm³/mol. The summed E-state index contributed by atoms with van der Waals surface area (Å²) < 4.78 is 5.73. The van der Waals surface area contributed by atoms with Crippen LogP contribution < -0.4 is 10.1 Å². The topological polar surface area (TPSA) is 83.1 Å². The average molecular weight is 462 g/mol. The van der Waals surface area contributed by atoms with Crippen LogP contribution in [0.4, 0.5) is 0 Å². The summed E-state index contributed by atoms with van der Waals surface area (Å²) in [7, 11) is 0. The van der Waals surface area contributed by atoms with Crippen molar-refractivity contribution in [3.05, 3.63) is 53.5 Å². The fourth-order valence-corrected chi connectivity index (χ4v) is 5.31. The Labute approximate surface area is 201 Å². The number of amides is 1. The van der Waals surface area contributed by atoms with Crippen LogP contribution in [0.5, 0.6) is 6.01 Å². The first-order valence-electron chi connectivity index (χ1n) is 12.7. The normalized spacial score (nSPS) is 20.9. The van der Waals surface area contributed by atoms with Crippen LogP contribution in [0.1, 0.15) is 67.7 Å². The van der Waals surface area contributed by atoms with Gasteiger partial charge in [0.2, 0.25) is 0 Å². The highest BCUT2D eigenvalue weighted by Crippen LogP contribution is 2.29. The van der Waals surface area contributed by atoms with Gasteiger partial charge in [-0.3, -0.25) is 14.7 Å². The molecule has 1 aliphatic heterocycles. The largest absolute Gasteiger partial charge is 0.462 e. The number of imidazole rings is 1.